The van der Waals surface area contributed by atoms with E-state index in [9.17, 15) is 4.79 Å². The molecule has 1 unspecified atom stereocenters. The van der Waals surface area contributed by atoms with Crippen LogP contribution in [0.4, 0.5) is 5.69 Å². The number of anilines is 1. The normalized spacial score (nSPS) is 15.6. The van der Waals surface area contributed by atoms with Crippen LogP contribution in [-0.4, -0.2) is 67.6 Å². The van der Waals surface area contributed by atoms with E-state index < -0.39 is 0 Å². The molecule has 166 valence electrons. The van der Waals surface area contributed by atoms with Gasteiger partial charge in [0.15, 0.2) is 5.96 Å². The number of hydrogen-bond acceptors (Lipinski definition) is 7. The molecule has 0 spiro atoms. The van der Waals surface area contributed by atoms with Crippen molar-refractivity contribution < 1.29 is 4.79 Å². The Labute approximate surface area is 184 Å². The Morgan fingerprint density at radius 2 is 1.97 bits per heavy atom. The Hall–Kier alpha value is -2.97. The maximum atomic E-state index is 12.5. The fourth-order valence-corrected chi connectivity index (χ4v) is 3.31. The molecule has 0 saturated heterocycles. The summed E-state index contributed by atoms with van der Waals surface area (Å²) in [6, 6.07) is 14.0. The molecule has 1 atom stereocenters. The molecule has 3 rings (SSSR count). The lowest BCUT2D eigenvalue weighted by molar-refractivity contribution is -0.131. The summed E-state index contributed by atoms with van der Waals surface area (Å²) in [6.45, 7) is 4.63. The maximum Gasteiger partial charge on any atom is 0.223 e. The molecule has 0 radical (unpaired) electrons. The van der Waals surface area contributed by atoms with Gasteiger partial charge in [-0.05, 0) is 43.3 Å². The van der Waals surface area contributed by atoms with Crippen molar-refractivity contribution in [1.29, 1.82) is 0 Å². The summed E-state index contributed by atoms with van der Waals surface area (Å²) in [4.78, 5) is 22.9. The Bertz CT molecular complexity index is 813. The number of guanidine groups is 1. The Morgan fingerprint density at radius 1 is 1.13 bits per heavy atom. The van der Waals surface area contributed by atoms with Crippen LogP contribution in [0.5, 0.6) is 0 Å². The number of pyridine rings is 1. The van der Waals surface area contributed by atoms with Crippen LogP contribution in [0, 0.1) is 0 Å². The zero-order chi connectivity index (χ0) is 21.7. The Morgan fingerprint density at radius 3 is 2.71 bits per heavy atom. The number of rotatable bonds is 11. The van der Waals surface area contributed by atoms with Crippen molar-refractivity contribution in [1.82, 2.24) is 25.8 Å². The highest BCUT2D eigenvalue weighted by atomic mass is 16.2. The van der Waals surface area contributed by atoms with Crippen LogP contribution in [0.3, 0.4) is 0 Å². The number of aliphatic imine (C=N–C) groups is 1. The van der Waals surface area contributed by atoms with Gasteiger partial charge in [-0.2, -0.15) is 0 Å². The molecular weight excluding hydrogens is 390 g/mol. The van der Waals surface area contributed by atoms with Gasteiger partial charge in [-0.1, -0.05) is 24.3 Å². The molecule has 2 heterocycles. The molecule has 0 fully saturated rings. The summed E-state index contributed by atoms with van der Waals surface area (Å²) in [6.07, 6.45) is 5.17. The number of nitrogens with zero attached hydrogens (tertiary/aromatic N) is 3. The fourth-order valence-electron chi connectivity index (χ4n) is 3.31. The molecule has 0 aliphatic carbocycles. The van der Waals surface area contributed by atoms with Crippen LogP contribution < -0.4 is 21.3 Å². The van der Waals surface area contributed by atoms with Gasteiger partial charge in [-0.15, -0.1) is 0 Å². The first kappa shape index (κ1) is 22.7. The van der Waals surface area contributed by atoms with Crippen LogP contribution in [0.2, 0.25) is 0 Å². The van der Waals surface area contributed by atoms with Crippen LogP contribution in [0.15, 0.2) is 59.9 Å². The molecule has 1 aliphatic heterocycles. The number of likely N-dealkylation sites (N-methyl/N-ethyl adjacent to an activating group) is 1. The molecule has 1 aliphatic rings. The third-order valence-corrected chi connectivity index (χ3v) is 5.22. The van der Waals surface area contributed by atoms with Gasteiger partial charge in [0.25, 0.3) is 0 Å². The largest absolute Gasteiger partial charge is 0.354 e. The summed E-state index contributed by atoms with van der Waals surface area (Å²) in [5, 5.41) is 13.3. The van der Waals surface area contributed by atoms with Crippen molar-refractivity contribution in [2.45, 2.75) is 25.4 Å². The van der Waals surface area contributed by atoms with Gasteiger partial charge in [-0.3, -0.25) is 14.8 Å². The van der Waals surface area contributed by atoms with Gasteiger partial charge in [0.1, 0.15) is 0 Å². The smallest absolute Gasteiger partial charge is 0.223 e. The molecular formula is C23H33N7O. The van der Waals surface area contributed by atoms with Gasteiger partial charge in [0.2, 0.25) is 5.91 Å². The number of para-hydroxylation sites is 1. The zero-order valence-corrected chi connectivity index (χ0v) is 18.2. The number of aromatic nitrogens is 1. The molecule has 1 aromatic heterocycles. The van der Waals surface area contributed by atoms with Crippen molar-refractivity contribution in [3.05, 3.63) is 60.4 Å². The number of hydrogen-bond donors (Lipinski definition) is 4. The Balaban J connectivity index is 1.24. The molecule has 1 amide bonds. The van der Waals surface area contributed by atoms with Crippen LogP contribution in [0.1, 0.15) is 18.4 Å². The van der Waals surface area contributed by atoms with Crippen LogP contribution >= 0.6 is 0 Å². The lowest BCUT2D eigenvalue weighted by Gasteiger charge is -2.31. The monoisotopic (exact) mass is 423 g/mol. The number of amides is 1. The van der Waals surface area contributed by atoms with E-state index in [4.69, 9.17) is 0 Å². The molecule has 8 nitrogen and oxygen atoms in total. The van der Waals surface area contributed by atoms with Crippen molar-refractivity contribution in [2.24, 2.45) is 4.99 Å². The van der Waals surface area contributed by atoms with Crippen molar-refractivity contribution in [2.75, 3.05) is 45.1 Å². The second kappa shape index (κ2) is 12.7. The maximum absolute atomic E-state index is 12.5. The predicted molar refractivity (Wildman–Crippen MR) is 125 cm³/mol. The quantitative estimate of drug-likeness (QED) is 0.409. The highest BCUT2D eigenvalue weighted by Crippen LogP contribution is 2.08. The van der Waals surface area contributed by atoms with Crippen molar-refractivity contribution >= 4 is 17.6 Å². The number of nitrogens with one attached hydrogen (secondary N) is 4. The lowest BCUT2D eigenvalue weighted by Crippen LogP contribution is -2.51. The zero-order valence-electron chi connectivity index (χ0n) is 18.2. The van der Waals surface area contributed by atoms with E-state index in [2.05, 4.69) is 37.3 Å². The number of carbonyl (C=O) groups is 1. The van der Waals surface area contributed by atoms with E-state index in [0.717, 1.165) is 37.7 Å². The van der Waals surface area contributed by atoms with E-state index in [1.54, 1.807) is 6.20 Å². The van der Waals surface area contributed by atoms with Crippen LogP contribution in [0.25, 0.3) is 0 Å². The van der Waals surface area contributed by atoms with Gasteiger partial charge in [0.05, 0.1) is 12.6 Å². The van der Waals surface area contributed by atoms with E-state index in [1.807, 2.05) is 54.5 Å². The summed E-state index contributed by atoms with van der Waals surface area (Å²) >= 11 is 0. The van der Waals surface area contributed by atoms with Gasteiger partial charge in [0, 0.05) is 51.2 Å². The molecule has 31 heavy (non-hydrogen) atoms. The standard InChI is InChI=1S/C23H33N7O/c1-30(21-17-27-23(28-18-21)29-20-8-3-2-4-9-20)22(31)10-14-24-12-6-13-26-16-19-7-5-11-25-15-19/h2-5,7-9,11,15,21,24,26H,6,10,12-14,16-18H2,1H3,(H2,27,28,29). The van der Waals surface area contributed by atoms with E-state index >= 15 is 0 Å². The van der Waals surface area contributed by atoms with E-state index in [0.29, 0.717) is 26.1 Å². The molecule has 2 aromatic rings. The summed E-state index contributed by atoms with van der Waals surface area (Å²) < 4.78 is 0. The number of carbonyl (C=O) groups excluding carboxylic acids is 1. The minimum atomic E-state index is 0.0745. The first-order valence-electron chi connectivity index (χ1n) is 10.9. The molecule has 8 heteroatoms. The molecule has 0 saturated carbocycles. The molecule has 0 bridgehead atoms. The third kappa shape index (κ3) is 7.99. The van der Waals surface area contributed by atoms with Gasteiger partial charge < -0.3 is 26.2 Å². The van der Waals surface area contributed by atoms with Crippen molar-refractivity contribution in [3.8, 4) is 0 Å². The average molecular weight is 424 g/mol. The minimum Gasteiger partial charge on any atom is -0.354 e. The summed E-state index contributed by atoms with van der Waals surface area (Å²) in [5.74, 6) is 0.894. The topological polar surface area (TPSA) is 93.7 Å². The van der Waals surface area contributed by atoms with Gasteiger partial charge in [-0.25, -0.2) is 0 Å². The second-order valence-corrected chi connectivity index (χ2v) is 7.61. The second-order valence-electron chi connectivity index (χ2n) is 7.61. The molecule has 4 N–H and O–H groups in total. The summed E-state index contributed by atoms with van der Waals surface area (Å²) in [7, 11) is 1.86. The van der Waals surface area contributed by atoms with E-state index in [1.165, 1.54) is 5.56 Å². The first-order chi connectivity index (χ1) is 15.2. The SMILES string of the molecule is CN(C(=O)CCNCCCNCc1cccnc1)C1CN=C(Nc2ccccc2)NC1. The minimum absolute atomic E-state index is 0.0745. The lowest BCUT2D eigenvalue weighted by atomic mass is 10.2. The van der Waals surface area contributed by atoms with Crippen LogP contribution in [-0.2, 0) is 11.3 Å². The summed E-state index contributed by atoms with van der Waals surface area (Å²) in [5.41, 5.74) is 2.18. The third-order valence-electron chi connectivity index (χ3n) is 5.22. The first-order valence-corrected chi connectivity index (χ1v) is 10.9. The molecule has 1 aromatic carbocycles. The highest BCUT2D eigenvalue weighted by molar-refractivity contribution is 5.94. The van der Waals surface area contributed by atoms with Gasteiger partial charge >= 0.3 is 0 Å². The average Bonchev–Trinajstić information content (AvgIpc) is 2.82. The highest BCUT2D eigenvalue weighted by Gasteiger charge is 2.22. The number of benzene rings is 1. The Kier molecular flexibility index (Phi) is 9.28. The fraction of sp³-hybridized carbons (Fsp3) is 0.435. The van der Waals surface area contributed by atoms with E-state index in [-0.39, 0.29) is 11.9 Å². The predicted octanol–water partition coefficient (Wildman–Crippen LogP) is 1.44. The van der Waals surface area contributed by atoms with Crippen molar-refractivity contribution in [3.63, 3.8) is 0 Å².